The fraction of sp³-hybridized carbons (Fsp3) is 0.421. The van der Waals surface area contributed by atoms with Crippen molar-refractivity contribution in [3.8, 4) is 0 Å². The van der Waals surface area contributed by atoms with Gasteiger partial charge in [0, 0.05) is 43.7 Å². The van der Waals surface area contributed by atoms with E-state index < -0.39 is 0 Å². The molecule has 0 unspecified atom stereocenters. The molecule has 0 atom stereocenters. The Morgan fingerprint density at radius 1 is 0.852 bits per heavy atom. The van der Waals surface area contributed by atoms with E-state index >= 15 is 0 Å². The standard InChI is InChI=1S/C19H22BrN5O2/c20-16-4-2-1-3-15(16)19(26)25-9-7-23(8-10-25)17-5-6-18(22-21-17)24-11-13-27-14-12-24/h1-6H,7-14H2. The van der Waals surface area contributed by atoms with Gasteiger partial charge in [-0.3, -0.25) is 4.79 Å². The Labute approximate surface area is 167 Å². The third-order valence-corrected chi connectivity index (χ3v) is 5.66. The highest BCUT2D eigenvalue weighted by Crippen LogP contribution is 2.21. The summed E-state index contributed by atoms with van der Waals surface area (Å²) >= 11 is 3.46. The maximum absolute atomic E-state index is 12.7. The normalized spacial score (nSPS) is 17.9. The molecule has 4 rings (SSSR count). The van der Waals surface area contributed by atoms with E-state index in [1.165, 1.54) is 0 Å². The summed E-state index contributed by atoms with van der Waals surface area (Å²) in [6.07, 6.45) is 0. The molecule has 2 aliphatic rings. The molecule has 2 saturated heterocycles. The molecule has 27 heavy (non-hydrogen) atoms. The number of benzene rings is 1. The van der Waals surface area contributed by atoms with Crippen molar-refractivity contribution in [3.05, 3.63) is 46.4 Å². The molecule has 0 N–H and O–H groups in total. The summed E-state index contributed by atoms with van der Waals surface area (Å²) in [6.45, 7) is 6.02. The highest BCUT2D eigenvalue weighted by atomic mass is 79.9. The molecule has 3 heterocycles. The summed E-state index contributed by atoms with van der Waals surface area (Å²) in [5.74, 6) is 1.82. The van der Waals surface area contributed by atoms with Gasteiger partial charge in [0.2, 0.25) is 0 Å². The van der Waals surface area contributed by atoms with Crippen LogP contribution in [-0.4, -0.2) is 73.5 Å². The third kappa shape index (κ3) is 4.06. The van der Waals surface area contributed by atoms with Crippen LogP contribution >= 0.6 is 15.9 Å². The van der Waals surface area contributed by atoms with Gasteiger partial charge in [0.15, 0.2) is 11.6 Å². The molecule has 1 aromatic carbocycles. The van der Waals surface area contributed by atoms with Gasteiger partial charge in [-0.25, -0.2) is 0 Å². The van der Waals surface area contributed by atoms with E-state index in [0.29, 0.717) is 18.7 Å². The Kier molecular flexibility index (Phi) is 5.54. The van der Waals surface area contributed by atoms with Crippen molar-refractivity contribution >= 4 is 33.5 Å². The summed E-state index contributed by atoms with van der Waals surface area (Å²) in [4.78, 5) is 19.0. The second-order valence-electron chi connectivity index (χ2n) is 6.61. The van der Waals surface area contributed by atoms with Gasteiger partial charge in [-0.15, -0.1) is 10.2 Å². The highest BCUT2D eigenvalue weighted by Gasteiger charge is 2.24. The van der Waals surface area contributed by atoms with Crippen molar-refractivity contribution in [1.29, 1.82) is 0 Å². The van der Waals surface area contributed by atoms with E-state index in [2.05, 4.69) is 35.9 Å². The zero-order valence-electron chi connectivity index (χ0n) is 15.1. The molecule has 7 nitrogen and oxygen atoms in total. The molecule has 2 aromatic rings. The first kappa shape index (κ1) is 18.2. The first-order valence-corrected chi connectivity index (χ1v) is 9.97. The first-order valence-electron chi connectivity index (χ1n) is 9.17. The quantitative estimate of drug-likeness (QED) is 0.740. The van der Waals surface area contributed by atoms with Crippen LogP contribution in [0.1, 0.15) is 10.4 Å². The molecule has 0 aliphatic carbocycles. The van der Waals surface area contributed by atoms with Crippen molar-refractivity contribution in [2.45, 2.75) is 0 Å². The number of hydrogen-bond acceptors (Lipinski definition) is 6. The van der Waals surface area contributed by atoms with Crippen LogP contribution in [0.4, 0.5) is 11.6 Å². The molecular formula is C19H22BrN5O2. The first-order chi connectivity index (χ1) is 13.2. The lowest BCUT2D eigenvalue weighted by Gasteiger charge is -2.35. The van der Waals surface area contributed by atoms with Crippen LogP contribution in [0, 0.1) is 0 Å². The van der Waals surface area contributed by atoms with Crippen molar-refractivity contribution in [1.82, 2.24) is 15.1 Å². The van der Waals surface area contributed by atoms with Crippen molar-refractivity contribution in [2.75, 3.05) is 62.3 Å². The van der Waals surface area contributed by atoms with E-state index in [1.807, 2.05) is 41.3 Å². The Hall–Kier alpha value is -2.19. The van der Waals surface area contributed by atoms with Crippen LogP contribution in [0.2, 0.25) is 0 Å². The number of halogens is 1. The minimum absolute atomic E-state index is 0.0656. The third-order valence-electron chi connectivity index (χ3n) is 4.97. The van der Waals surface area contributed by atoms with Gasteiger partial charge in [-0.1, -0.05) is 12.1 Å². The number of anilines is 2. The number of rotatable bonds is 3. The van der Waals surface area contributed by atoms with Crippen LogP contribution in [0.3, 0.4) is 0 Å². The van der Waals surface area contributed by atoms with E-state index in [-0.39, 0.29) is 5.91 Å². The minimum atomic E-state index is 0.0656. The topological polar surface area (TPSA) is 61.8 Å². The number of piperazine rings is 1. The molecule has 0 radical (unpaired) electrons. The Morgan fingerprint density at radius 2 is 1.44 bits per heavy atom. The fourth-order valence-electron chi connectivity index (χ4n) is 3.39. The van der Waals surface area contributed by atoms with Gasteiger partial charge in [-0.05, 0) is 40.2 Å². The summed E-state index contributed by atoms with van der Waals surface area (Å²) in [7, 11) is 0. The predicted molar refractivity (Wildman–Crippen MR) is 107 cm³/mol. The highest BCUT2D eigenvalue weighted by molar-refractivity contribution is 9.10. The monoisotopic (exact) mass is 431 g/mol. The van der Waals surface area contributed by atoms with Gasteiger partial charge in [0.1, 0.15) is 0 Å². The second-order valence-corrected chi connectivity index (χ2v) is 7.46. The Bertz CT molecular complexity index is 787. The largest absolute Gasteiger partial charge is 0.378 e. The van der Waals surface area contributed by atoms with Gasteiger partial charge < -0.3 is 19.4 Å². The average molecular weight is 432 g/mol. The smallest absolute Gasteiger partial charge is 0.255 e. The molecule has 2 aliphatic heterocycles. The predicted octanol–water partition coefficient (Wildman–Crippen LogP) is 2.04. The van der Waals surface area contributed by atoms with Crippen LogP contribution in [0.5, 0.6) is 0 Å². The Balaban J connectivity index is 1.36. The maximum atomic E-state index is 12.7. The number of morpholine rings is 1. The molecule has 0 saturated carbocycles. The van der Waals surface area contributed by atoms with E-state index in [9.17, 15) is 4.79 Å². The number of aromatic nitrogens is 2. The molecular weight excluding hydrogens is 410 g/mol. The molecule has 0 bridgehead atoms. The molecule has 1 aromatic heterocycles. The number of hydrogen-bond donors (Lipinski definition) is 0. The lowest BCUT2D eigenvalue weighted by molar-refractivity contribution is 0.0745. The summed E-state index contributed by atoms with van der Waals surface area (Å²) < 4.78 is 6.21. The van der Waals surface area contributed by atoms with Crippen molar-refractivity contribution in [3.63, 3.8) is 0 Å². The van der Waals surface area contributed by atoms with Crippen molar-refractivity contribution < 1.29 is 9.53 Å². The van der Waals surface area contributed by atoms with Crippen LogP contribution < -0.4 is 9.80 Å². The zero-order chi connectivity index (χ0) is 18.6. The van der Waals surface area contributed by atoms with Gasteiger partial charge in [0.25, 0.3) is 5.91 Å². The zero-order valence-corrected chi connectivity index (χ0v) is 16.6. The summed E-state index contributed by atoms with van der Waals surface area (Å²) in [5, 5.41) is 8.79. The number of nitrogens with zero attached hydrogens (tertiary/aromatic N) is 5. The molecule has 1 amide bonds. The number of ether oxygens (including phenoxy) is 1. The van der Waals surface area contributed by atoms with E-state index in [1.54, 1.807) is 0 Å². The number of carbonyl (C=O) groups is 1. The van der Waals surface area contributed by atoms with Crippen molar-refractivity contribution in [2.24, 2.45) is 0 Å². The molecule has 0 spiro atoms. The average Bonchev–Trinajstić information content (AvgIpc) is 2.74. The van der Waals surface area contributed by atoms with Crippen LogP contribution in [0.25, 0.3) is 0 Å². The van der Waals surface area contributed by atoms with E-state index in [4.69, 9.17) is 4.74 Å². The summed E-state index contributed by atoms with van der Waals surface area (Å²) in [6, 6.07) is 11.6. The van der Waals surface area contributed by atoms with Gasteiger partial charge in [0.05, 0.1) is 18.8 Å². The SMILES string of the molecule is O=C(c1ccccc1Br)N1CCN(c2ccc(N3CCOCC3)nn2)CC1. The summed E-state index contributed by atoms with van der Waals surface area (Å²) in [5.41, 5.74) is 0.709. The lowest BCUT2D eigenvalue weighted by Crippen LogP contribution is -2.49. The van der Waals surface area contributed by atoms with Gasteiger partial charge in [-0.2, -0.15) is 0 Å². The van der Waals surface area contributed by atoms with Gasteiger partial charge >= 0.3 is 0 Å². The molecule has 142 valence electrons. The van der Waals surface area contributed by atoms with Crippen LogP contribution in [0.15, 0.2) is 40.9 Å². The number of amides is 1. The molecule has 8 heteroatoms. The fourth-order valence-corrected chi connectivity index (χ4v) is 3.85. The maximum Gasteiger partial charge on any atom is 0.255 e. The molecule has 2 fully saturated rings. The van der Waals surface area contributed by atoms with E-state index in [0.717, 1.165) is 55.5 Å². The number of carbonyl (C=O) groups excluding carboxylic acids is 1. The second kappa shape index (κ2) is 8.22. The van der Waals surface area contributed by atoms with Crippen LogP contribution in [-0.2, 0) is 4.74 Å². The Morgan fingerprint density at radius 3 is 2.04 bits per heavy atom. The lowest BCUT2D eigenvalue weighted by atomic mass is 10.2. The minimum Gasteiger partial charge on any atom is -0.378 e.